The van der Waals surface area contributed by atoms with Crippen LogP contribution in [0.1, 0.15) is 23.9 Å². The topological polar surface area (TPSA) is 68.5 Å². The molecule has 3 aromatic rings. The summed E-state index contributed by atoms with van der Waals surface area (Å²) in [6.45, 7) is 10.00. The van der Waals surface area contributed by atoms with E-state index >= 15 is 0 Å². The molecule has 6 nitrogen and oxygen atoms in total. The predicted molar refractivity (Wildman–Crippen MR) is 111 cm³/mol. The molecule has 0 radical (unpaired) electrons. The summed E-state index contributed by atoms with van der Waals surface area (Å²) in [4.78, 5) is 18.9. The number of hydrogen-bond acceptors (Lipinski definition) is 5. The highest BCUT2D eigenvalue weighted by molar-refractivity contribution is 5.81. The minimum Gasteiger partial charge on any atom is -0.481 e. The molecule has 0 aliphatic heterocycles. The number of nitrogens with zero attached hydrogens (tertiary/aromatic N) is 3. The van der Waals surface area contributed by atoms with Crippen molar-refractivity contribution < 1.29 is 14.1 Å². The van der Waals surface area contributed by atoms with Gasteiger partial charge in [0, 0.05) is 12.1 Å². The van der Waals surface area contributed by atoms with E-state index in [1.54, 1.807) is 17.9 Å². The van der Waals surface area contributed by atoms with Crippen LogP contribution < -0.4 is 4.74 Å². The zero-order chi connectivity index (χ0) is 20.8. The Bertz CT molecular complexity index is 979. The van der Waals surface area contributed by atoms with Gasteiger partial charge in [0.2, 0.25) is 11.7 Å². The van der Waals surface area contributed by atoms with Gasteiger partial charge in [-0.25, -0.2) is 0 Å². The third-order valence-electron chi connectivity index (χ3n) is 4.42. The van der Waals surface area contributed by atoms with E-state index in [9.17, 15) is 4.79 Å². The molecular weight excluding hydrogens is 366 g/mol. The van der Waals surface area contributed by atoms with Crippen LogP contribution in [0, 0.1) is 13.8 Å². The second kappa shape index (κ2) is 9.19. The molecule has 0 saturated heterocycles. The van der Waals surface area contributed by atoms with E-state index in [-0.39, 0.29) is 12.5 Å². The molecule has 2 aromatic carbocycles. The lowest BCUT2D eigenvalue weighted by atomic mass is 10.1. The van der Waals surface area contributed by atoms with Gasteiger partial charge in [0.15, 0.2) is 6.10 Å². The highest BCUT2D eigenvalue weighted by Crippen LogP contribution is 2.18. The van der Waals surface area contributed by atoms with Crippen molar-refractivity contribution in [1.29, 1.82) is 0 Å². The van der Waals surface area contributed by atoms with Crippen molar-refractivity contribution in [2.45, 2.75) is 33.4 Å². The summed E-state index contributed by atoms with van der Waals surface area (Å²) in [6.07, 6.45) is 1.00. The van der Waals surface area contributed by atoms with Crippen molar-refractivity contribution in [3.63, 3.8) is 0 Å². The second-order valence-electron chi connectivity index (χ2n) is 6.96. The number of rotatable bonds is 8. The Kier molecular flexibility index (Phi) is 6.44. The Morgan fingerprint density at radius 2 is 1.97 bits per heavy atom. The summed E-state index contributed by atoms with van der Waals surface area (Å²) >= 11 is 0. The third-order valence-corrected chi connectivity index (χ3v) is 4.42. The lowest BCUT2D eigenvalue weighted by molar-refractivity contribution is -0.138. The number of carbonyl (C=O) groups is 1. The minimum atomic E-state index is -0.656. The maximum Gasteiger partial charge on any atom is 0.264 e. The molecule has 1 atom stereocenters. The van der Waals surface area contributed by atoms with Crippen LogP contribution in [-0.4, -0.2) is 33.6 Å². The fraction of sp³-hybridized carbons (Fsp3) is 0.261. The molecular formula is C23H25N3O3. The summed E-state index contributed by atoms with van der Waals surface area (Å²) in [5.41, 5.74) is 3.09. The SMILES string of the molecule is C=CCN(Cc1nc(-c2ccc(C)cc2)no1)C(=O)[C@@H](C)Oc1cccc(C)c1. The summed E-state index contributed by atoms with van der Waals surface area (Å²) in [6, 6.07) is 15.5. The molecule has 29 heavy (non-hydrogen) atoms. The van der Waals surface area contributed by atoms with Gasteiger partial charge in [0.25, 0.3) is 5.91 Å². The first-order valence-electron chi connectivity index (χ1n) is 9.49. The van der Waals surface area contributed by atoms with Crippen molar-refractivity contribution in [3.8, 4) is 17.1 Å². The van der Waals surface area contributed by atoms with Crippen molar-refractivity contribution in [1.82, 2.24) is 15.0 Å². The molecule has 0 aliphatic carbocycles. The molecule has 0 spiro atoms. The molecule has 1 amide bonds. The Balaban J connectivity index is 1.70. The van der Waals surface area contributed by atoms with Gasteiger partial charge < -0.3 is 14.2 Å². The first-order valence-corrected chi connectivity index (χ1v) is 9.49. The maximum absolute atomic E-state index is 12.9. The van der Waals surface area contributed by atoms with Crippen LogP contribution in [0.4, 0.5) is 0 Å². The van der Waals surface area contributed by atoms with Crippen molar-refractivity contribution in [2.75, 3.05) is 6.54 Å². The van der Waals surface area contributed by atoms with E-state index in [1.165, 1.54) is 0 Å². The lowest BCUT2D eigenvalue weighted by Crippen LogP contribution is -2.40. The van der Waals surface area contributed by atoms with Crippen LogP contribution >= 0.6 is 0 Å². The predicted octanol–water partition coefficient (Wildman–Crippen LogP) is 4.34. The quantitative estimate of drug-likeness (QED) is 0.535. The third kappa shape index (κ3) is 5.31. The van der Waals surface area contributed by atoms with E-state index in [4.69, 9.17) is 9.26 Å². The molecule has 0 aliphatic rings. The maximum atomic E-state index is 12.9. The summed E-state index contributed by atoms with van der Waals surface area (Å²) in [5.74, 6) is 1.33. The highest BCUT2D eigenvalue weighted by Gasteiger charge is 2.23. The number of aromatic nitrogens is 2. The van der Waals surface area contributed by atoms with Gasteiger partial charge in [-0.1, -0.05) is 53.2 Å². The van der Waals surface area contributed by atoms with E-state index in [0.29, 0.717) is 24.0 Å². The zero-order valence-electron chi connectivity index (χ0n) is 17.0. The van der Waals surface area contributed by atoms with Gasteiger partial charge in [-0.15, -0.1) is 6.58 Å². The number of aryl methyl sites for hydroxylation is 2. The molecule has 0 saturated carbocycles. The molecule has 1 heterocycles. The lowest BCUT2D eigenvalue weighted by Gasteiger charge is -2.23. The Morgan fingerprint density at radius 3 is 2.66 bits per heavy atom. The number of carbonyl (C=O) groups excluding carboxylic acids is 1. The van der Waals surface area contributed by atoms with E-state index < -0.39 is 6.10 Å². The number of amides is 1. The van der Waals surface area contributed by atoms with Crippen LogP contribution in [0.3, 0.4) is 0 Å². The molecule has 1 aromatic heterocycles. The van der Waals surface area contributed by atoms with Gasteiger partial charge in [0.05, 0.1) is 0 Å². The smallest absolute Gasteiger partial charge is 0.264 e. The second-order valence-corrected chi connectivity index (χ2v) is 6.96. The standard InChI is InChI=1S/C23H25N3O3/c1-5-13-26(23(27)18(4)28-20-8-6-7-17(3)14-20)15-21-24-22(25-29-21)19-11-9-16(2)10-12-19/h5-12,14,18H,1,13,15H2,2-4H3/t18-/m1/s1. The average molecular weight is 391 g/mol. The number of ether oxygens (including phenoxy) is 1. The van der Waals surface area contributed by atoms with E-state index in [1.807, 2.05) is 62.4 Å². The molecule has 0 unspecified atom stereocenters. The molecule has 150 valence electrons. The largest absolute Gasteiger partial charge is 0.481 e. The number of benzene rings is 2. The summed E-state index contributed by atoms with van der Waals surface area (Å²) in [5, 5.41) is 4.03. The minimum absolute atomic E-state index is 0.179. The van der Waals surface area contributed by atoms with Crippen LogP contribution in [0.15, 0.2) is 65.7 Å². The Labute approximate surface area is 170 Å². The molecule has 6 heteroatoms. The highest BCUT2D eigenvalue weighted by atomic mass is 16.5. The fourth-order valence-corrected chi connectivity index (χ4v) is 2.89. The summed E-state index contributed by atoms with van der Waals surface area (Å²) in [7, 11) is 0. The molecule has 3 rings (SSSR count). The van der Waals surface area contributed by atoms with E-state index in [2.05, 4.69) is 16.7 Å². The van der Waals surface area contributed by atoms with Gasteiger partial charge in [-0.3, -0.25) is 4.79 Å². The fourth-order valence-electron chi connectivity index (χ4n) is 2.89. The molecule has 0 fully saturated rings. The zero-order valence-corrected chi connectivity index (χ0v) is 17.0. The van der Waals surface area contributed by atoms with Crippen molar-refractivity contribution >= 4 is 5.91 Å². The monoisotopic (exact) mass is 391 g/mol. The van der Waals surface area contributed by atoms with Crippen LogP contribution in [-0.2, 0) is 11.3 Å². The van der Waals surface area contributed by atoms with Gasteiger partial charge in [-0.05, 0) is 38.5 Å². The van der Waals surface area contributed by atoms with Crippen LogP contribution in [0.2, 0.25) is 0 Å². The Hall–Kier alpha value is -3.41. The molecule has 0 bridgehead atoms. The average Bonchev–Trinajstić information content (AvgIpc) is 3.16. The summed E-state index contributed by atoms with van der Waals surface area (Å²) < 4.78 is 11.2. The van der Waals surface area contributed by atoms with Gasteiger partial charge in [0.1, 0.15) is 12.3 Å². The Morgan fingerprint density at radius 1 is 1.21 bits per heavy atom. The van der Waals surface area contributed by atoms with Crippen LogP contribution in [0.25, 0.3) is 11.4 Å². The number of hydrogen-bond donors (Lipinski definition) is 0. The van der Waals surface area contributed by atoms with Crippen molar-refractivity contribution in [3.05, 3.63) is 78.2 Å². The normalized spacial score (nSPS) is 11.7. The molecule has 0 N–H and O–H groups in total. The van der Waals surface area contributed by atoms with Crippen LogP contribution in [0.5, 0.6) is 5.75 Å². The first-order chi connectivity index (χ1) is 14.0. The van der Waals surface area contributed by atoms with Gasteiger partial charge >= 0.3 is 0 Å². The first kappa shape index (κ1) is 20.3. The van der Waals surface area contributed by atoms with Crippen molar-refractivity contribution in [2.24, 2.45) is 0 Å². The van der Waals surface area contributed by atoms with E-state index in [0.717, 1.165) is 16.7 Å². The van der Waals surface area contributed by atoms with Gasteiger partial charge in [-0.2, -0.15) is 4.98 Å².